The van der Waals surface area contributed by atoms with E-state index in [2.05, 4.69) is 26.5 Å². The Morgan fingerprint density at radius 3 is 2.47 bits per heavy atom. The summed E-state index contributed by atoms with van der Waals surface area (Å²) in [6, 6.07) is 11.5. The van der Waals surface area contributed by atoms with Crippen LogP contribution >= 0.6 is 0 Å². The molecule has 0 amide bonds. The molecule has 0 saturated carbocycles. The van der Waals surface area contributed by atoms with Crippen molar-refractivity contribution in [3.8, 4) is 18.1 Å². The van der Waals surface area contributed by atoms with Gasteiger partial charge in [0, 0.05) is 11.4 Å². The SMILES string of the molecule is C#CCOc1ccc(Nc2nc(Nc3ccc(C(C)C)c(S(N)(=O)=O)c3)ncc2F)cc1. The number of rotatable bonds is 8. The zero-order chi connectivity index (χ0) is 23.3. The number of hydrogen-bond donors (Lipinski definition) is 3. The average Bonchev–Trinajstić information content (AvgIpc) is 2.75. The summed E-state index contributed by atoms with van der Waals surface area (Å²) in [5.41, 5.74) is 1.56. The van der Waals surface area contributed by atoms with Gasteiger partial charge in [-0.2, -0.15) is 4.98 Å². The highest BCUT2D eigenvalue weighted by molar-refractivity contribution is 7.89. The number of nitrogens with zero attached hydrogens (tertiary/aromatic N) is 2. The van der Waals surface area contributed by atoms with E-state index in [0.29, 0.717) is 22.7 Å². The van der Waals surface area contributed by atoms with Crippen LogP contribution in [0, 0.1) is 18.2 Å². The highest BCUT2D eigenvalue weighted by Gasteiger charge is 2.17. The number of anilines is 4. The molecule has 8 nitrogen and oxygen atoms in total. The monoisotopic (exact) mass is 455 g/mol. The Hall–Kier alpha value is -3.68. The topological polar surface area (TPSA) is 119 Å². The molecule has 1 aromatic heterocycles. The maximum atomic E-state index is 14.2. The summed E-state index contributed by atoms with van der Waals surface area (Å²) in [6.45, 7) is 3.88. The largest absolute Gasteiger partial charge is 0.481 e. The summed E-state index contributed by atoms with van der Waals surface area (Å²) in [5.74, 6) is 2.25. The summed E-state index contributed by atoms with van der Waals surface area (Å²) in [7, 11) is -3.93. The van der Waals surface area contributed by atoms with Gasteiger partial charge in [0.1, 0.15) is 12.4 Å². The fourth-order valence-corrected chi connectivity index (χ4v) is 3.80. The van der Waals surface area contributed by atoms with Gasteiger partial charge in [-0.05, 0) is 47.9 Å². The first-order valence-corrected chi connectivity index (χ1v) is 11.1. The highest BCUT2D eigenvalue weighted by atomic mass is 32.2. The van der Waals surface area contributed by atoms with E-state index >= 15 is 0 Å². The minimum atomic E-state index is -3.93. The molecule has 4 N–H and O–H groups in total. The zero-order valence-corrected chi connectivity index (χ0v) is 18.3. The van der Waals surface area contributed by atoms with Gasteiger partial charge in [0.15, 0.2) is 11.6 Å². The Labute approximate surface area is 186 Å². The molecule has 0 aliphatic carbocycles. The van der Waals surface area contributed by atoms with Gasteiger partial charge in [-0.3, -0.25) is 0 Å². The Kier molecular flexibility index (Phi) is 6.92. The number of aromatic nitrogens is 2. The first-order chi connectivity index (χ1) is 15.2. The van der Waals surface area contributed by atoms with E-state index in [-0.39, 0.29) is 29.2 Å². The van der Waals surface area contributed by atoms with Crippen molar-refractivity contribution in [1.82, 2.24) is 9.97 Å². The summed E-state index contributed by atoms with van der Waals surface area (Å²) in [4.78, 5) is 8.06. The molecule has 0 aliphatic heterocycles. The van der Waals surface area contributed by atoms with Gasteiger partial charge < -0.3 is 15.4 Å². The Morgan fingerprint density at radius 1 is 1.16 bits per heavy atom. The summed E-state index contributed by atoms with van der Waals surface area (Å²) in [5, 5.41) is 11.1. The van der Waals surface area contributed by atoms with Gasteiger partial charge in [0.25, 0.3) is 0 Å². The number of sulfonamides is 1. The molecule has 166 valence electrons. The van der Waals surface area contributed by atoms with Gasteiger partial charge in [-0.15, -0.1) is 6.42 Å². The molecule has 0 bridgehead atoms. The second-order valence-electron chi connectivity index (χ2n) is 7.11. The minimum absolute atomic E-state index is 0.00473. The van der Waals surface area contributed by atoms with Crippen LogP contribution in [0.5, 0.6) is 5.75 Å². The van der Waals surface area contributed by atoms with Crippen LogP contribution in [0.4, 0.5) is 27.5 Å². The van der Waals surface area contributed by atoms with Crippen LogP contribution in [0.25, 0.3) is 0 Å². The van der Waals surface area contributed by atoms with Gasteiger partial charge >= 0.3 is 0 Å². The van der Waals surface area contributed by atoms with Crippen LogP contribution in [-0.2, 0) is 10.0 Å². The quantitative estimate of drug-likeness (QED) is 0.441. The van der Waals surface area contributed by atoms with Gasteiger partial charge in [0.2, 0.25) is 16.0 Å². The molecular weight excluding hydrogens is 433 g/mol. The molecule has 1 heterocycles. The van der Waals surface area contributed by atoms with Crippen molar-refractivity contribution in [3.63, 3.8) is 0 Å². The smallest absolute Gasteiger partial charge is 0.238 e. The van der Waals surface area contributed by atoms with Crippen LogP contribution in [0.3, 0.4) is 0 Å². The minimum Gasteiger partial charge on any atom is -0.481 e. The van der Waals surface area contributed by atoms with E-state index in [1.165, 1.54) is 6.07 Å². The molecule has 3 rings (SSSR count). The fourth-order valence-electron chi connectivity index (χ4n) is 2.88. The van der Waals surface area contributed by atoms with E-state index in [1.54, 1.807) is 36.4 Å². The number of primary sulfonamides is 1. The van der Waals surface area contributed by atoms with Crippen LogP contribution in [0.2, 0.25) is 0 Å². The van der Waals surface area contributed by atoms with Crippen LogP contribution in [0.15, 0.2) is 53.6 Å². The predicted molar refractivity (Wildman–Crippen MR) is 121 cm³/mol. The third kappa shape index (κ3) is 5.72. The van der Waals surface area contributed by atoms with E-state index in [0.717, 1.165) is 6.20 Å². The van der Waals surface area contributed by atoms with E-state index < -0.39 is 15.8 Å². The van der Waals surface area contributed by atoms with Crippen LogP contribution in [0.1, 0.15) is 25.3 Å². The second kappa shape index (κ2) is 9.64. The second-order valence-corrected chi connectivity index (χ2v) is 8.64. The number of nitrogens with two attached hydrogens (primary N) is 1. The van der Waals surface area contributed by atoms with Gasteiger partial charge in [-0.25, -0.2) is 22.9 Å². The number of benzene rings is 2. The number of terminal acetylenes is 1. The third-order valence-electron chi connectivity index (χ3n) is 4.38. The number of nitrogens with one attached hydrogen (secondary N) is 2. The molecular formula is C22H22FN5O3S. The van der Waals surface area contributed by atoms with Crippen molar-refractivity contribution in [2.24, 2.45) is 5.14 Å². The number of hydrogen-bond acceptors (Lipinski definition) is 7. The lowest BCUT2D eigenvalue weighted by Crippen LogP contribution is -2.15. The first-order valence-electron chi connectivity index (χ1n) is 9.57. The lowest BCUT2D eigenvalue weighted by molar-refractivity contribution is 0.370. The molecule has 0 radical (unpaired) electrons. The third-order valence-corrected chi connectivity index (χ3v) is 5.35. The summed E-state index contributed by atoms with van der Waals surface area (Å²) >= 11 is 0. The molecule has 0 saturated heterocycles. The molecule has 0 spiro atoms. The standard InChI is InChI=1S/C22H22FN5O3S/c1-4-11-31-17-8-5-15(6-9-17)26-21-19(23)13-25-22(28-21)27-16-7-10-18(14(2)3)20(12-16)32(24,29)30/h1,5-10,12-14H,11H2,2-3H3,(H2,24,29,30)(H2,25,26,27,28). The number of ether oxygens (including phenoxy) is 1. The maximum Gasteiger partial charge on any atom is 0.238 e. The van der Waals surface area contributed by atoms with E-state index in [9.17, 15) is 12.8 Å². The molecule has 0 aliphatic rings. The summed E-state index contributed by atoms with van der Waals surface area (Å²) in [6.07, 6.45) is 6.16. The van der Waals surface area contributed by atoms with Crippen molar-refractivity contribution >= 4 is 33.2 Å². The molecule has 3 aromatic rings. The molecule has 0 unspecified atom stereocenters. The Morgan fingerprint density at radius 2 is 1.84 bits per heavy atom. The predicted octanol–water partition coefficient (Wildman–Crippen LogP) is 3.89. The van der Waals surface area contributed by atoms with Crippen molar-refractivity contribution in [1.29, 1.82) is 0 Å². The van der Waals surface area contributed by atoms with Gasteiger partial charge in [0.05, 0.1) is 11.1 Å². The van der Waals surface area contributed by atoms with Crippen molar-refractivity contribution < 1.29 is 17.5 Å². The molecule has 10 heteroatoms. The van der Waals surface area contributed by atoms with Crippen LogP contribution < -0.4 is 20.5 Å². The normalized spacial score (nSPS) is 11.1. The van der Waals surface area contributed by atoms with E-state index in [1.807, 2.05) is 13.8 Å². The zero-order valence-electron chi connectivity index (χ0n) is 17.5. The van der Waals surface area contributed by atoms with Gasteiger partial charge in [-0.1, -0.05) is 25.8 Å². The van der Waals surface area contributed by atoms with E-state index in [4.69, 9.17) is 16.3 Å². The van der Waals surface area contributed by atoms with Crippen molar-refractivity contribution in [3.05, 3.63) is 60.0 Å². The Balaban J connectivity index is 1.82. The molecule has 2 aromatic carbocycles. The molecule has 0 fully saturated rings. The van der Waals surface area contributed by atoms with Crippen molar-refractivity contribution in [2.75, 3.05) is 17.2 Å². The number of halogens is 1. The lowest BCUT2D eigenvalue weighted by Gasteiger charge is -2.14. The Bertz CT molecular complexity index is 1260. The molecule has 32 heavy (non-hydrogen) atoms. The maximum absolute atomic E-state index is 14.2. The molecule has 0 atom stereocenters. The lowest BCUT2D eigenvalue weighted by atomic mass is 10.0. The van der Waals surface area contributed by atoms with Crippen molar-refractivity contribution in [2.45, 2.75) is 24.7 Å². The highest BCUT2D eigenvalue weighted by Crippen LogP contribution is 2.28. The fraction of sp³-hybridized carbons (Fsp3) is 0.182. The first kappa shape index (κ1) is 23.0. The summed E-state index contributed by atoms with van der Waals surface area (Å²) < 4.78 is 43.5. The van der Waals surface area contributed by atoms with Crippen LogP contribution in [-0.4, -0.2) is 25.0 Å². The average molecular weight is 456 g/mol.